The second-order valence-electron chi connectivity index (χ2n) is 3.81. The Bertz CT molecular complexity index is 351. The van der Waals surface area contributed by atoms with E-state index in [-0.39, 0.29) is 11.3 Å². The zero-order chi connectivity index (χ0) is 14.1. The standard InChI is InChI=1S/C7H5NO4.C5H12O/c9-7(10)5-1-3-6(4-2-5)8(11)12;1-3-5(2)4-6/h1-4H,(H,9,10);5-6H,3-4H2,1-2H3. The summed E-state index contributed by atoms with van der Waals surface area (Å²) in [4.78, 5) is 19.9. The fourth-order valence-electron chi connectivity index (χ4n) is 0.855. The Morgan fingerprint density at radius 3 is 2.11 bits per heavy atom. The molecule has 6 heteroatoms. The molecule has 0 saturated carbocycles. The molecule has 1 rings (SSSR count). The van der Waals surface area contributed by atoms with Gasteiger partial charge in [0.1, 0.15) is 0 Å². The first kappa shape index (κ1) is 16.1. The van der Waals surface area contributed by atoms with Crippen LogP contribution in [0.5, 0.6) is 0 Å². The Kier molecular flexibility index (Phi) is 7.30. The summed E-state index contributed by atoms with van der Waals surface area (Å²) in [6.45, 7) is 4.43. The number of carbonyl (C=O) groups is 1. The molecule has 6 nitrogen and oxygen atoms in total. The first-order chi connectivity index (χ1) is 8.42. The summed E-state index contributed by atoms with van der Waals surface area (Å²) in [7, 11) is 0. The van der Waals surface area contributed by atoms with Gasteiger partial charge in [-0.2, -0.15) is 0 Å². The Labute approximate surface area is 105 Å². The number of hydrogen-bond acceptors (Lipinski definition) is 4. The maximum absolute atomic E-state index is 10.3. The van der Waals surface area contributed by atoms with Crippen molar-refractivity contribution in [2.45, 2.75) is 20.3 Å². The van der Waals surface area contributed by atoms with Crippen LogP contribution in [0, 0.1) is 16.0 Å². The monoisotopic (exact) mass is 255 g/mol. The maximum atomic E-state index is 10.3. The number of aromatic carboxylic acids is 1. The Balaban J connectivity index is 0.000000411. The van der Waals surface area contributed by atoms with Crippen LogP contribution < -0.4 is 0 Å². The molecule has 0 aliphatic heterocycles. The van der Waals surface area contributed by atoms with Crippen LogP contribution in [-0.2, 0) is 0 Å². The number of nitro groups is 1. The van der Waals surface area contributed by atoms with Gasteiger partial charge in [0.05, 0.1) is 10.5 Å². The zero-order valence-corrected chi connectivity index (χ0v) is 10.4. The minimum Gasteiger partial charge on any atom is -0.478 e. The van der Waals surface area contributed by atoms with Crippen LogP contribution in [0.15, 0.2) is 24.3 Å². The fraction of sp³-hybridized carbons (Fsp3) is 0.417. The minimum absolute atomic E-state index is 0.0422. The predicted molar refractivity (Wildman–Crippen MR) is 66.6 cm³/mol. The summed E-state index contributed by atoms with van der Waals surface area (Å²) in [5.74, 6) is -0.602. The van der Waals surface area contributed by atoms with Crippen molar-refractivity contribution in [3.05, 3.63) is 39.9 Å². The number of aliphatic hydroxyl groups is 1. The summed E-state index contributed by atoms with van der Waals surface area (Å²) in [5.41, 5.74) is -0.0689. The average Bonchev–Trinajstić information content (AvgIpc) is 2.38. The van der Waals surface area contributed by atoms with Crippen LogP contribution in [0.25, 0.3) is 0 Å². The molecule has 0 aliphatic carbocycles. The van der Waals surface area contributed by atoms with Gasteiger partial charge in [0.25, 0.3) is 5.69 Å². The Hall–Kier alpha value is -1.95. The third kappa shape index (κ3) is 5.95. The highest BCUT2D eigenvalue weighted by atomic mass is 16.6. The normalized spacial score (nSPS) is 11.1. The molecule has 0 saturated heterocycles. The van der Waals surface area contributed by atoms with Crippen molar-refractivity contribution in [3.8, 4) is 0 Å². The molecule has 1 atom stereocenters. The van der Waals surface area contributed by atoms with Crippen molar-refractivity contribution >= 4 is 11.7 Å². The first-order valence-electron chi connectivity index (χ1n) is 5.51. The summed E-state index contributed by atoms with van der Waals surface area (Å²) in [5, 5.41) is 26.9. The smallest absolute Gasteiger partial charge is 0.335 e. The number of hydrogen-bond donors (Lipinski definition) is 2. The number of carboxylic acids is 1. The molecule has 0 fully saturated rings. The molecule has 0 radical (unpaired) electrons. The van der Waals surface area contributed by atoms with Gasteiger partial charge in [0.15, 0.2) is 0 Å². The molecular weight excluding hydrogens is 238 g/mol. The molecule has 100 valence electrons. The van der Waals surface area contributed by atoms with Gasteiger partial charge < -0.3 is 10.2 Å². The lowest BCUT2D eigenvalue weighted by atomic mass is 10.1. The molecule has 0 spiro atoms. The lowest BCUT2D eigenvalue weighted by molar-refractivity contribution is -0.384. The van der Waals surface area contributed by atoms with E-state index in [0.29, 0.717) is 12.5 Å². The van der Waals surface area contributed by atoms with E-state index in [9.17, 15) is 14.9 Å². The van der Waals surface area contributed by atoms with E-state index in [1.54, 1.807) is 0 Å². The van der Waals surface area contributed by atoms with Gasteiger partial charge in [-0.05, 0) is 18.1 Å². The van der Waals surface area contributed by atoms with Gasteiger partial charge in [-0.1, -0.05) is 20.3 Å². The van der Waals surface area contributed by atoms with Gasteiger partial charge in [-0.15, -0.1) is 0 Å². The van der Waals surface area contributed by atoms with E-state index in [1.165, 1.54) is 12.1 Å². The van der Waals surface area contributed by atoms with Crippen LogP contribution in [0.1, 0.15) is 30.6 Å². The van der Waals surface area contributed by atoms with E-state index in [4.69, 9.17) is 10.2 Å². The molecule has 0 heterocycles. The lowest BCUT2D eigenvalue weighted by Gasteiger charge is -1.98. The highest BCUT2D eigenvalue weighted by Crippen LogP contribution is 2.11. The van der Waals surface area contributed by atoms with Gasteiger partial charge >= 0.3 is 5.97 Å². The van der Waals surface area contributed by atoms with E-state index in [1.807, 2.05) is 6.92 Å². The minimum atomic E-state index is -1.09. The van der Waals surface area contributed by atoms with Gasteiger partial charge in [0, 0.05) is 18.7 Å². The zero-order valence-electron chi connectivity index (χ0n) is 10.4. The second kappa shape index (κ2) is 8.19. The van der Waals surface area contributed by atoms with Gasteiger partial charge in [-0.25, -0.2) is 4.79 Å². The quantitative estimate of drug-likeness (QED) is 0.635. The molecule has 1 aromatic carbocycles. The predicted octanol–water partition coefficient (Wildman–Crippen LogP) is 2.32. The topological polar surface area (TPSA) is 101 Å². The summed E-state index contributed by atoms with van der Waals surface area (Å²) < 4.78 is 0. The molecule has 1 unspecified atom stereocenters. The molecule has 1 aromatic rings. The summed E-state index contributed by atoms with van der Waals surface area (Å²) in [6.07, 6.45) is 1.08. The van der Waals surface area contributed by atoms with Gasteiger partial charge in [0.2, 0.25) is 0 Å². The lowest BCUT2D eigenvalue weighted by Crippen LogP contribution is -1.96. The van der Waals surface area contributed by atoms with Crippen molar-refractivity contribution in [2.24, 2.45) is 5.92 Å². The fourth-order valence-corrected chi connectivity index (χ4v) is 0.855. The van der Waals surface area contributed by atoms with E-state index < -0.39 is 10.9 Å². The number of aliphatic hydroxyl groups excluding tert-OH is 1. The molecule has 0 aromatic heterocycles. The van der Waals surface area contributed by atoms with E-state index >= 15 is 0 Å². The second-order valence-corrected chi connectivity index (χ2v) is 3.81. The SMILES string of the molecule is CCC(C)CO.O=C(O)c1ccc([N+](=O)[O-])cc1. The molecule has 0 bridgehead atoms. The van der Waals surface area contributed by atoms with E-state index in [2.05, 4.69) is 6.92 Å². The summed E-state index contributed by atoms with van der Waals surface area (Å²) in [6, 6.07) is 4.70. The van der Waals surface area contributed by atoms with Crippen molar-refractivity contribution in [1.82, 2.24) is 0 Å². The molecule has 2 N–H and O–H groups in total. The van der Waals surface area contributed by atoms with Crippen LogP contribution >= 0.6 is 0 Å². The highest BCUT2D eigenvalue weighted by Gasteiger charge is 2.06. The van der Waals surface area contributed by atoms with Crippen LogP contribution in [0.2, 0.25) is 0 Å². The number of benzene rings is 1. The number of non-ortho nitro benzene ring substituents is 1. The van der Waals surface area contributed by atoms with Gasteiger partial charge in [-0.3, -0.25) is 10.1 Å². The number of carboxylic acid groups (broad SMARTS) is 1. The third-order valence-electron chi connectivity index (χ3n) is 2.33. The Morgan fingerprint density at radius 2 is 1.89 bits per heavy atom. The molecule has 0 amide bonds. The van der Waals surface area contributed by atoms with Crippen LogP contribution in [-0.4, -0.2) is 27.7 Å². The molecular formula is C12H17NO5. The summed E-state index contributed by atoms with van der Waals surface area (Å²) >= 11 is 0. The first-order valence-corrected chi connectivity index (χ1v) is 5.51. The van der Waals surface area contributed by atoms with Crippen LogP contribution in [0.4, 0.5) is 5.69 Å². The number of nitrogens with zero attached hydrogens (tertiary/aromatic N) is 1. The molecule has 18 heavy (non-hydrogen) atoms. The maximum Gasteiger partial charge on any atom is 0.335 e. The number of rotatable bonds is 4. The van der Waals surface area contributed by atoms with E-state index in [0.717, 1.165) is 18.6 Å². The van der Waals surface area contributed by atoms with Crippen LogP contribution in [0.3, 0.4) is 0 Å². The van der Waals surface area contributed by atoms with Crippen molar-refractivity contribution < 1.29 is 19.9 Å². The number of nitro benzene ring substituents is 1. The largest absolute Gasteiger partial charge is 0.478 e. The average molecular weight is 255 g/mol. The Morgan fingerprint density at radius 1 is 1.39 bits per heavy atom. The highest BCUT2D eigenvalue weighted by molar-refractivity contribution is 5.87. The molecule has 0 aliphatic rings. The third-order valence-corrected chi connectivity index (χ3v) is 2.33. The van der Waals surface area contributed by atoms with Crippen molar-refractivity contribution in [3.63, 3.8) is 0 Å². The van der Waals surface area contributed by atoms with Crippen molar-refractivity contribution in [2.75, 3.05) is 6.61 Å². The van der Waals surface area contributed by atoms with Crippen molar-refractivity contribution in [1.29, 1.82) is 0 Å².